The second-order valence-electron chi connectivity index (χ2n) is 4.50. The number of halogens is 2. The molecule has 0 spiro atoms. The van der Waals surface area contributed by atoms with Crippen molar-refractivity contribution in [2.24, 2.45) is 5.73 Å². The average Bonchev–Trinajstić information content (AvgIpc) is 2.48. The highest BCUT2D eigenvalue weighted by molar-refractivity contribution is 6.30. The highest BCUT2D eigenvalue weighted by Crippen LogP contribution is 2.24. The fourth-order valence-electron chi connectivity index (χ4n) is 1.93. The molecule has 2 rings (SSSR count). The maximum atomic E-state index is 13.8. The lowest BCUT2D eigenvalue weighted by Gasteiger charge is -2.12. The largest absolute Gasteiger partial charge is 0.489 e. The predicted octanol–water partition coefficient (Wildman–Crippen LogP) is 3.43. The highest BCUT2D eigenvalue weighted by Gasteiger charge is 2.08. The number of nitrogens with zero attached hydrogens (tertiary/aromatic N) is 1. The summed E-state index contributed by atoms with van der Waals surface area (Å²) in [6.07, 6.45) is 0.631. The van der Waals surface area contributed by atoms with E-state index in [0.29, 0.717) is 29.3 Å². The highest BCUT2D eigenvalue weighted by atomic mass is 35.5. The van der Waals surface area contributed by atoms with Gasteiger partial charge in [0.15, 0.2) is 0 Å². The lowest BCUT2D eigenvalue weighted by Crippen LogP contribution is -2.06. The van der Waals surface area contributed by atoms with Crippen molar-refractivity contribution in [3.05, 3.63) is 63.9 Å². The Morgan fingerprint density at radius 3 is 2.67 bits per heavy atom. The topological polar surface area (TPSA) is 59.0 Å². The summed E-state index contributed by atoms with van der Waals surface area (Å²) < 4.78 is 19.4. The van der Waals surface area contributed by atoms with Crippen molar-refractivity contribution in [3.8, 4) is 11.8 Å². The van der Waals surface area contributed by atoms with Gasteiger partial charge in [0.2, 0.25) is 0 Å². The van der Waals surface area contributed by atoms with Crippen molar-refractivity contribution in [1.82, 2.24) is 0 Å². The monoisotopic (exact) mass is 304 g/mol. The predicted molar refractivity (Wildman–Crippen MR) is 79.7 cm³/mol. The first kappa shape index (κ1) is 15.3. The molecule has 0 bridgehead atoms. The van der Waals surface area contributed by atoms with Crippen LogP contribution in [0.4, 0.5) is 4.39 Å². The van der Waals surface area contributed by atoms with Crippen LogP contribution in [-0.2, 0) is 13.0 Å². The molecule has 0 aliphatic heterocycles. The summed E-state index contributed by atoms with van der Waals surface area (Å²) in [5, 5.41) is 9.32. The average molecular weight is 305 g/mol. The van der Waals surface area contributed by atoms with Crippen LogP contribution in [0.1, 0.15) is 16.7 Å². The Kier molecular flexibility index (Phi) is 5.15. The zero-order valence-electron chi connectivity index (χ0n) is 11.3. The van der Waals surface area contributed by atoms with Crippen LogP contribution in [0.5, 0.6) is 5.75 Å². The Bertz CT molecular complexity index is 682. The number of benzene rings is 2. The molecule has 0 saturated heterocycles. The van der Waals surface area contributed by atoms with E-state index in [-0.39, 0.29) is 12.2 Å². The van der Waals surface area contributed by atoms with Crippen molar-refractivity contribution in [3.63, 3.8) is 0 Å². The summed E-state index contributed by atoms with van der Waals surface area (Å²) in [7, 11) is 0. The quantitative estimate of drug-likeness (QED) is 0.920. The molecule has 2 aromatic rings. The van der Waals surface area contributed by atoms with Crippen LogP contribution in [0.15, 0.2) is 36.4 Å². The molecule has 2 aromatic carbocycles. The maximum absolute atomic E-state index is 13.8. The van der Waals surface area contributed by atoms with E-state index in [2.05, 4.69) is 0 Å². The number of hydrogen-bond donors (Lipinski definition) is 1. The second-order valence-corrected chi connectivity index (χ2v) is 4.93. The summed E-state index contributed by atoms with van der Waals surface area (Å²) >= 11 is 5.94. The van der Waals surface area contributed by atoms with Crippen molar-refractivity contribution < 1.29 is 9.13 Å². The molecule has 0 aliphatic carbocycles. The van der Waals surface area contributed by atoms with Crippen molar-refractivity contribution in [2.45, 2.75) is 13.0 Å². The Morgan fingerprint density at radius 2 is 2.00 bits per heavy atom. The van der Waals surface area contributed by atoms with Gasteiger partial charge in [-0.1, -0.05) is 17.7 Å². The van der Waals surface area contributed by atoms with E-state index < -0.39 is 5.82 Å². The van der Waals surface area contributed by atoms with Gasteiger partial charge in [-0.05, 0) is 48.9 Å². The minimum atomic E-state index is -0.455. The third kappa shape index (κ3) is 3.94. The van der Waals surface area contributed by atoms with Gasteiger partial charge in [-0.2, -0.15) is 5.26 Å². The SMILES string of the molecule is N#Cc1ccc(COc2ccc(Cl)cc2CCN)c(F)c1. The van der Waals surface area contributed by atoms with Crippen LogP contribution in [0, 0.1) is 17.1 Å². The first-order valence-corrected chi connectivity index (χ1v) is 6.81. The van der Waals surface area contributed by atoms with Crippen LogP contribution in [0.2, 0.25) is 5.02 Å². The molecule has 0 saturated carbocycles. The standard InChI is InChI=1S/C16H14ClFN2O/c17-14-3-4-16(12(8-14)5-6-19)21-10-13-2-1-11(9-20)7-15(13)18/h1-4,7-8H,5-6,10,19H2. The first-order valence-electron chi connectivity index (χ1n) is 6.44. The molecule has 3 nitrogen and oxygen atoms in total. The molecule has 21 heavy (non-hydrogen) atoms. The Morgan fingerprint density at radius 1 is 1.19 bits per heavy atom. The van der Waals surface area contributed by atoms with Crippen molar-refractivity contribution in [2.75, 3.05) is 6.54 Å². The van der Waals surface area contributed by atoms with E-state index in [0.717, 1.165) is 5.56 Å². The Labute approximate surface area is 127 Å². The minimum absolute atomic E-state index is 0.0801. The third-order valence-corrected chi connectivity index (χ3v) is 3.24. The van der Waals surface area contributed by atoms with Gasteiger partial charge in [-0.3, -0.25) is 0 Å². The van der Waals surface area contributed by atoms with E-state index in [1.54, 1.807) is 30.3 Å². The molecule has 108 valence electrons. The van der Waals surface area contributed by atoms with E-state index in [1.807, 2.05) is 6.07 Å². The Hall–Kier alpha value is -2.09. The number of hydrogen-bond acceptors (Lipinski definition) is 3. The van der Waals surface area contributed by atoms with E-state index in [1.165, 1.54) is 6.07 Å². The Balaban J connectivity index is 2.15. The number of nitrogens with two attached hydrogens (primary N) is 1. The van der Waals surface area contributed by atoms with Gasteiger partial charge in [-0.25, -0.2) is 4.39 Å². The van der Waals surface area contributed by atoms with E-state index in [4.69, 9.17) is 27.3 Å². The van der Waals surface area contributed by atoms with Gasteiger partial charge in [0.25, 0.3) is 0 Å². The minimum Gasteiger partial charge on any atom is -0.489 e. The third-order valence-electron chi connectivity index (χ3n) is 3.00. The number of nitriles is 1. The molecular weight excluding hydrogens is 291 g/mol. The molecule has 0 fully saturated rings. The van der Waals surface area contributed by atoms with E-state index >= 15 is 0 Å². The van der Waals surface area contributed by atoms with Crippen LogP contribution in [0.25, 0.3) is 0 Å². The fourth-order valence-corrected chi connectivity index (χ4v) is 2.12. The van der Waals surface area contributed by atoms with Crippen molar-refractivity contribution in [1.29, 1.82) is 5.26 Å². The molecule has 5 heteroatoms. The van der Waals surface area contributed by atoms with Gasteiger partial charge >= 0.3 is 0 Å². The van der Waals surface area contributed by atoms with Gasteiger partial charge < -0.3 is 10.5 Å². The zero-order valence-corrected chi connectivity index (χ0v) is 12.0. The van der Waals surface area contributed by atoms with Gasteiger partial charge in [0.1, 0.15) is 18.2 Å². The number of ether oxygens (including phenoxy) is 1. The van der Waals surface area contributed by atoms with Crippen LogP contribution in [0.3, 0.4) is 0 Å². The van der Waals surface area contributed by atoms with Crippen LogP contribution < -0.4 is 10.5 Å². The second kappa shape index (κ2) is 7.07. The lowest BCUT2D eigenvalue weighted by molar-refractivity contribution is 0.297. The molecular formula is C16H14ClFN2O. The van der Waals surface area contributed by atoms with Crippen LogP contribution in [-0.4, -0.2) is 6.54 Å². The molecule has 0 aliphatic rings. The van der Waals surface area contributed by atoms with Gasteiger partial charge in [0, 0.05) is 10.6 Å². The molecule has 0 atom stereocenters. The summed E-state index contributed by atoms with van der Waals surface area (Å²) in [4.78, 5) is 0. The first-order chi connectivity index (χ1) is 10.1. The number of rotatable bonds is 5. The fraction of sp³-hybridized carbons (Fsp3) is 0.188. The molecule has 0 radical (unpaired) electrons. The molecule has 2 N–H and O–H groups in total. The molecule has 0 amide bonds. The summed E-state index contributed by atoms with van der Waals surface area (Å²) in [6.45, 7) is 0.554. The van der Waals surface area contributed by atoms with E-state index in [9.17, 15) is 4.39 Å². The molecule has 0 aromatic heterocycles. The zero-order chi connectivity index (χ0) is 15.2. The summed E-state index contributed by atoms with van der Waals surface area (Å²) in [6, 6.07) is 11.4. The van der Waals surface area contributed by atoms with Gasteiger partial charge in [0.05, 0.1) is 11.6 Å². The van der Waals surface area contributed by atoms with Crippen molar-refractivity contribution >= 4 is 11.6 Å². The van der Waals surface area contributed by atoms with Gasteiger partial charge in [-0.15, -0.1) is 0 Å². The van der Waals surface area contributed by atoms with Crippen LogP contribution >= 0.6 is 11.6 Å². The molecule has 0 unspecified atom stereocenters. The lowest BCUT2D eigenvalue weighted by atomic mass is 10.1. The smallest absolute Gasteiger partial charge is 0.131 e. The maximum Gasteiger partial charge on any atom is 0.131 e. The normalized spacial score (nSPS) is 10.2. The summed E-state index contributed by atoms with van der Waals surface area (Å²) in [5.74, 6) is 0.178. The summed E-state index contributed by atoms with van der Waals surface area (Å²) in [5.41, 5.74) is 7.12. The molecule has 0 heterocycles.